The van der Waals surface area contributed by atoms with Gasteiger partial charge in [0.25, 0.3) is 0 Å². The lowest BCUT2D eigenvalue weighted by Crippen LogP contribution is -2.48. The van der Waals surface area contributed by atoms with E-state index in [9.17, 15) is 9.59 Å². The van der Waals surface area contributed by atoms with Crippen molar-refractivity contribution in [1.82, 2.24) is 5.32 Å². The molecule has 0 fully saturated rings. The van der Waals surface area contributed by atoms with Crippen LogP contribution in [0.3, 0.4) is 0 Å². The number of rotatable bonds is 6. The van der Waals surface area contributed by atoms with Gasteiger partial charge in [0.15, 0.2) is 0 Å². The third kappa shape index (κ3) is 4.99. The molecule has 5 heteroatoms. The molecule has 0 saturated carbocycles. The highest BCUT2D eigenvalue weighted by Crippen LogP contribution is 2.08. The summed E-state index contributed by atoms with van der Waals surface area (Å²) in [5, 5.41) is 2.50. The Bertz CT molecular complexity index is 420. The maximum Gasteiger partial charge on any atom is 0.408 e. The number of hydrogen-bond acceptors (Lipinski definition) is 3. The zero-order chi connectivity index (χ0) is 14.3. The summed E-state index contributed by atoms with van der Waals surface area (Å²) in [6.45, 7) is 3.95. The first kappa shape index (κ1) is 15.0. The van der Waals surface area contributed by atoms with Crippen molar-refractivity contribution in [2.45, 2.75) is 32.9 Å². The van der Waals surface area contributed by atoms with E-state index in [1.165, 1.54) is 0 Å². The van der Waals surface area contributed by atoms with Gasteiger partial charge in [0.05, 0.1) is 0 Å². The van der Waals surface area contributed by atoms with Crippen molar-refractivity contribution < 1.29 is 14.3 Å². The summed E-state index contributed by atoms with van der Waals surface area (Å²) in [5.74, 6) is -0.576. The normalized spacial score (nSPS) is 13.4. The standard InChI is InChI=1S/C14H20N2O3/c1-3-10(2)12(13(15)17)16-14(18)19-9-11-7-5-4-6-8-11/h4-8,10,12H,3,9H2,1-2H3,(H2,15,17)(H,16,18)/t10-,12+/m1/s1. The van der Waals surface area contributed by atoms with Crippen LogP contribution in [0.2, 0.25) is 0 Å². The fraction of sp³-hybridized carbons (Fsp3) is 0.429. The molecule has 0 spiro atoms. The summed E-state index contributed by atoms with van der Waals surface area (Å²) in [7, 11) is 0. The monoisotopic (exact) mass is 264 g/mol. The largest absolute Gasteiger partial charge is 0.445 e. The molecule has 1 aromatic carbocycles. The molecule has 0 unspecified atom stereocenters. The summed E-state index contributed by atoms with van der Waals surface area (Å²) >= 11 is 0. The third-order valence-corrected chi connectivity index (χ3v) is 3.01. The zero-order valence-electron chi connectivity index (χ0n) is 11.3. The second-order valence-corrected chi connectivity index (χ2v) is 4.47. The number of carbonyl (C=O) groups excluding carboxylic acids is 2. The first-order valence-electron chi connectivity index (χ1n) is 6.31. The van der Waals surface area contributed by atoms with Gasteiger partial charge in [-0.05, 0) is 11.5 Å². The fourth-order valence-corrected chi connectivity index (χ4v) is 1.62. The van der Waals surface area contributed by atoms with Crippen LogP contribution in [0.15, 0.2) is 30.3 Å². The molecule has 19 heavy (non-hydrogen) atoms. The molecule has 0 aliphatic carbocycles. The number of ether oxygens (including phenoxy) is 1. The van der Waals surface area contributed by atoms with E-state index in [1.807, 2.05) is 44.2 Å². The second-order valence-electron chi connectivity index (χ2n) is 4.47. The van der Waals surface area contributed by atoms with Gasteiger partial charge in [0.1, 0.15) is 12.6 Å². The average Bonchev–Trinajstić information content (AvgIpc) is 2.42. The van der Waals surface area contributed by atoms with Crippen LogP contribution < -0.4 is 11.1 Å². The Labute approximate surface area is 113 Å². The molecule has 0 aliphatic heterocycles. The van der Waals surface area contributed by atoms with Gasteiger partial charge in [-0.2, -0.15) is 0 Å². The Hall–Kier alpha value is -2.04. The molecule has 5 nitrogen and oxygen atoms in total. The first-order chi connectivity index (χ1) is 9.04. The quantitative estimate of drug-likeness (QED) is 0.822. The molecule has 2 amide bonds. The minimum atomic E-state index is -0.701. The highest BCUT2D eigenvalue weighted by molar-refractivity contribution is 5.84. The molecular weight excluding hydrogens is 244 g/mol. The van der Waals surface area contributed by atoms with Crippen molar-refractivity contribution in [2.75, 3.05) is 0 Å². The highest BCUT2D eigenvalue weighted by Gasteiger charge is 2.24. The smallest absolute Gasteiger partial charge is 0.408 e. The van der Waals surface area contributed by atoms with Crippen molar-refractivity contribution in [3.05, 3.63) is 35.9 Å². The van der Waals surface area contributed by atoms with Crippen LogP contribution in [-0.4, -0.2) is 18.0 Å². The molecule has 3 N–H and O–H groups in total. The lowest BCUT2D eigenvalue weighted by atomic mass is 9.99. The predicted molar refractivity (Wildman–Crippen MR) is 72.2 cm³/mol. The maximum atomic E-state index is 11.6. The van der Waals surface area contributed by atoms with Crippen LogP contribution in [0.1, 0.15) is 25.8 Å². The van der Waals surface area contributed by atoms with Crippen LogP contribution in [0.4, 0.5) is 4.79 Å². The second kappa shape index (κ2) is 7.41. The van der Waals surface area contributed by atoms with E-state index in [0.717, 1.165) is 12.0 Å². The Kier molecular flexibility index (Phi) is 5.85. The summed E-state index contributed by atoms with van der Waals surface area (Å²) < 4.78 is 5.05. The number of alkyl carbamates (subject to hydrolysis) is 1. The average molecular weight is 264 g/mol. The van der Waals surface area contributed by atoms with E-state index in [1.54, 1.807) is 0 Å². The maximum absolute atomic E-state index is 11.6. The number of nitrogens with two attached hydrogens (primary N) is 1. The van der Waals surface area contributed by atoms with Crippen molar-refractivity contribution >= 4 is 12.0 Å². The molecule has 0 saturated heterocycles. The van der Waals surface area contributed by atoms with Crippen LogP contribution >= 0.6 is 0 Å². The number of carbonyl (C=O) groups is 2. The van der Waals surface area contributed by atoms with Crippen LogP contribution in [-0.2, 0) is 16.1 Å². The molecule has 0 bridgehead atoms. The molecule has 0 aliphatic rings. The molecule has 1 rings (SSSR count). The number of primary amides is 1. The van der Waals surface area contributed by atoms with Crippen molar-refractivity contribution in [2.24, 2.45) is 11.7 Å². The molecule has 2 atom stereocenters. The Morgan fingerprint density at radius 1 is 1.32 bits per heavy atom. The van der Waals surface area contributed by atoms with E-state index >= 15 is 0 Å². The lowest BCUT2D eigenvalue weighted by Gasteiger charge is -2.20. The topological polar surface area (TPSA) is 81.4 Å². The van der Waals surface area contributed by atoms with Gasteiger partial charge in [-0.15, -0.1) is 0 Å². The van der Waals surface area contributed by atoms with Crippen molar-refractivity contribution in [1.29, 1.82) is 0 Å². The van der Waals surface area contributed by atoms with Gasteiger partial charge < -0.3 is 15.8 Å². The van der Waals surface area contributed by atoms with Crippen LogP contribution in [0.25, 0.3) is 0 Å². The van der Waals surface area contributed by atoms with Gasteiger partial charge in [0.2, 0.25) is 5.91 Å². The summed E-state index contributed by atoms with van der Waals surface area (Å²) in [6, 6.07) is 8.62. The minimum Gasteiger partial charge on any atom is -0.445 e. The number of nitrogens with one attached hydrogen (secondary N) is 1. The number of hydrogen-bond donors (Lipinski definition) is 2. The summed E-state index contributed by atoms with van der Waals surface area (Å²) in [5.41, 5.74) is 6.15. The Balaban J connectivity index is 2.47. The van der Waals surface area contributed by atoms with Crippen molar-refractivity contribution in [3.63, 3.8) is 0 Å². The van der Waals surface area contributed by atoms with E-state index in [4.69, 9.17) is 10.5 Å². The molecule has 1 aromatic rings. The SMILES string of the molecule is CC[C@@H](C)[C@H](NC(=O)OCc1ccccc1)C(N)=O. The molecular formula is C14H20N2O3. The fourth-order valence-electron chi connectivity index (χ4n) is 1.62. The third-order valence-electron chi connectivity index (χ3n) is 3.01. The van der Waals surface area contributed by atoms with Crippen LogP contribution in [0, 0.1) is 5.92 Å². The summed E-state index contributed by atoms with van der Waals surface area (Å²) in [6.07, 6.45) is 0.111. The van der Waals surface area contributed by atoms with E-state index in [-0.39, 0.29) is 12.5 Å². The number of benzene rings is 1. The highest BCUT2D eigenvalue weighted by atomic mass is 16.5. The van der Waals surface area contributed by atoms with Gasteiger partial charge in [-0.25, -0.2) is 4.79 Å². The molecule has 0 radical (unpaired) electrons. The van der Waals surface area contributed by atoms with E-state index in [2.05, 4.69) is 5.32 Å². The molecule has 0 heterocycles. The predicted octanol–water partition coefficient (Wildman–Crippen LogP) is 1.81. The molecule has 104 valence electrons. The minimum absolute atomic E-state index is 0.0261. The zero-order valence-corrected chi connectivity index (χ0v) is 11.3. The van der Waals surface area contributed by atoms with Gasteiger partial charge >= 0.3 is 6.09 Å². The van der Waals surface area contributed by atoms with Crippen molar-refractivity contribution in [3.8, 4) is 0 Å². The van der Waals surface area contributed by atoms with Gasteiger partial charge in [0, 0.05) is 0 Å². The lowest BCUT2D eigenvalue weighted by molar-refractivity contribution is -0.121. The summed E-state index contributed by atoms with van der Waals surface area (Å²) in [4.78, 5) is 22.9. The van der Waals surface area contributed by atoms with Crippen LogP contribution in [0.5, 0.6) is 0 Å². The van der Waals surface area contributed by atoms with E-state index < -0.39 is 18.0 Å². The van der Waals surface area contributed by atoms with E-state index in [0.29, 0.717) is 0 Å². The Morgan fingerprint density at radius 3 is 2.47 bits per heavy atom. The number of amides is 2. The molecule has 0 aromatic heterocycles. The Morgan fingerprint density at radius 2 is 1.95 bits per heavy atom. The first-order valence-corrected chi connectivity index (χ1v) is 6.31. The van der Waals surface area contributed by atoms with Gasteiger partial charge in [-0.3, -0.25) is 4.79 Å². The van der Waals surface area contributed by atoms with Gasteiger partial charge in [-0.1, -0.05) is 50.6 Å².